The van der Waals surface area contributed by atoms with Gasteiger partial charge in [0, 0.05) is 5.69 Å². The van der Waals surface area contributed by atoms with Crippen molar-refractivity contribution in [2.75, 3.05) is 19.0 Å². The summed E-state index contributed by atoms with van der Waals surface area (Å²) in [6.45, 7) is -0.388. The van der Waals surface area contributed by atoms with Gasteiger partial charge in [-0.25, -0.2) is 13.1 Å². The van der Waals surface area contributed by atoms with E-state index in [0.717, 1.165) is 0 Å². The molecule has 0 radical (unpaired) electrons. The van der Waals surface area contributed by atoms with Gasteiger partial charge in [-0.15, -0.1) is 0 Å². The van der Waals surface area contributed by atoms with E-state index < -0.39 is 15.9 Å². The molecule has 0 aliphatic carbocycles. The first-order valence-electron chi connectivity index (χ1n) is 6.60. The molecule has 122 valence electrons. The predicted octanol–water partition coefficient (Wildman–Crippen LogP) is 2.27. The lowest BCUT2D eigenvalue weighted by molar-refractivity contribution is -0.115. The lowest BCUT2D eigenvalue weighted by Gasteiger charge is -2.09. The van der Waals surface area contributed by atoms with Gasteiger partial charge in [0.25, 0.3) is 0 Å². The zero-order valence-electron chi connectivity index (χ0n) is 12.2. The van der Waals surface area contributed by atoms with E-state index >= 15 is 0 Å². The number of anilines is 1. The number of nitrogens with one attached hydrogen (secondary N) is 2. The van der Waals surface area contributed by atoms with Crippen molar-refractivity contribution in [2.24, 2.45) is 0 Å². The molecule has 8 heteroatoms. The molecule has 0 aromatic heterocycles. The minimum Gasteiger partial charge on any atom is -0.495 e. The predicted molar refractivity (Wildman–Crippen MR) is 88.3 cm³/mol. The lowest BCUT2D eigenvalue weighted by atomic mass is 10.3. The van der Waals surface area contributed by atoms with Crippen LogP contribution in [0.3, 0.4) is 0 Å². The summed E-state index contributed by atoms with van der Waals surface area (Å²) in [4.78, 5) is 11.7. The molecule has 0 aliphatic rings. The Bertz CT molecular complexity index is 794. The largest absolute Gasteiger partial charge is 0.495 e. The Kier molecular flexibility index (Phi) is 5.59. The van der Waals surface area contributed by atoms with Crippen molar-refractivity contribution in [1.82, 2.24) is 4.72 Å². The van der Waals surface area contributed by atoms with Crippen molar-refractivity contribution in [2.45, 2.75) is 4.90 Å². The summed E-state index contributed by atoms with van der Waals surface area (Å²) in [6.07, 6.45) is 0. The van der Waals surface area contributed by atoms with Gasteiger partial charge >= 0.3 is 0 Å². The van der Waals surface area contributed by atoms with Crippen molar-refractivity contribution < 1.29 is 17.9 Å². The third kappa shape index (κ3) is 4.69. The first-order chi connectivity index (χ1) is 10.9. The van der Waals surface area contributed by atoms with Crippen LogP contribution in [0.1, 0.15) is 0 Å². The van der Waals surface area contributed by atoms with Gasteiger partial charge in [-0.05, 0) is 30.3 Å². The van der Waals surface area contributed by atoms with Crippen LogP contribution in [0.2, 0.25) is 5.02 Å². The minimum absolute atomic E-state index is 0.0455. The molecule has 0 unspecified atom stereocenters. The normalized spacial score (nSPS) is 11.0. The van der Waals surface area contributed by atoms with E-state index in [1.165, 1.54) is 25.3 Å². The molecular formula is C15H15ClN2O4S. The zero-order chi connectivity index (χ0) is 16.9. The Morgan fingerprint density at radius 1 is 1.17 bits per heavy atom. The first kappa shape index (κ1) is 17.3. The summed E-state index contributed by atoms with van der Waals surface area (Å²) in [5.41, 5.74) is 0.587. The molecule has 0 fully saturated rings. The molecule has 0 aliphatic heterocycles. The number of carbonyl (C=O) groups is 1. The van der Waals surface area contributed by atoms with Crippen LogP contribution in [0, 0.1) is 0 Å². The highest BCUT2D eigenvalue weighted by molar-refractivity contribution is 7.89. The molecule has 0 saturated carbocycles. The van der Waals surface area contributed by atoms with Gasteiger partial charge in [-0.2, -0.15) is 0 Å². The molecule has 6 nitrogen and oxygen atoms in total. The van der Waals surface area contributed by atoms with Crippen molar-refractivity contribution in [3.05, 3.63) is 53.6 Å². The summed E-state index contributed by atoms with van der Waals surface area (Å²) in [5, 5.41) is 2.75. The highest BCUT2D eigenvalue weighted by Gasteiger charge is 2.17. The van der Waals surface area contributed by atoms with Crippen LogP contribution in [0.25, 0.3) is 0 Å². The van der Waals surface area contributed by atoms with Crippen molar-refractivity contribution in [1.29, 1.82) is 0 Å². The van der Waals surface area contributed by atoms with Gasteiger partial charge in [0.1, 0.15) is 5.75 Å². The molecule has 0 bridgehead atoms. The summed E-state index contributed by atoms with van der Waals surface area (Å²) in [6, 6.07) is 12.8. The SMILES string of the molecule is COc1ccc(S(=O)(=O)NCC(=O)Nc2ccccc2)cc1Cl. The number of hydrogen-bond donors (Lipinski definition) is 2. The van der Waals surface area contributed by atoms with Crippen LogP contribution in [0.15, 0.2) is 53.4 Å². The average molecular weight is 355 g/mol. The number of halogens is 1. The fraction of sp³-hybridized carbons (Fsp3) is 0.133. The monoisotopic (exact) mass is 354 g/mol. The van der Waals surface area contributed by atoms with Crippen LogP contribution < -0.4 is 14.8 Å². The maximum atomic E-state index is 12.2. The van der Waals surface area contributed by atoms with Gasteiger partial charge < -0.3 is 10.1 Å². The Hall–Kier alpha value is -2.09. The molecule has 0 saturated heterocycles. The van der Waals surface area contributed by atoms with Crippen LogP contribution >= 0.6 is 11.6 Å². The molecule has 0 heterocycles. The van der Waals surface area contributed by atoms with Crippen LogP contribution in [-0.4, -0.2) is 28.0 Å². The molecule has 2 aromatic rings. The van der Waals surface area contributed by atoms with E-state index in [1.54, 1.807) is 24.3 Å². The second-order valence-electron chi connectivity index (χ2n) is 4.54. The first-order valence-corrected chi connectivity index (χ1v) is 8.46. The third-order valence-corrected chi connectivity index (χ3v) is 4.61. The lowest BCUT2D eigenvalue weighted by Crippen LogP contribution is -2.32. The van der Waals surface area contributed by atoms with Crippen LogP contribution in [0.5, 0.6) is 5.75 Å². The Labute approximate surface area is 139 Å². The number of rotatable bonds is 6. The Morgan fingerprint density at radius 3 is 2.48 bits per heavy atom. The average Bonchev–Trinajstić information content (AvgIpc) is 2.54. The number of ether oxygens (including phenoxy) is 1. The third-order valence-electron chi connectivity index (χ3n) is 2.91. The molecular weight excluding hydrogens is 340 g/mol. The van der Waals surface area contributed by atoms with Gasteiger partial charge in [0.05, 0.1) is 23.6 Å². The van der Waals surface area contributed by atoms with Gasteiger partial charge in [-0.3, -0.25) is 4.79 Å². The van der Waals surface area contributed by atoms with E-state index in [4.69, 9.17) is 16.3 Å². The number of hydrogen-bond acceptors (Lipinski definition) is 4. The molecule has 2 rings (SSSR count). The topological polar surface area (TPSA) is 84.5 Å². The van der Waals surface area contributed by atoms with Crippen LogP contribution in [-0.2, 0) is 14.8 Å². The zero-order valence-corrected chi connectivity index (χ0v) is 13.8. The second-order valence-corrected chi connectivity index (χ2v) is 6.71. The van der Waals surface area contributed by atoms with Gasteiger partial charge in [0.2, 0.25) is 15.9 Å². The molecule has 1 amide bonds. The van der Waals surface area contributed by atoms with Gasteiger partial charge in [-0.1, -0.05) is 29.8 Å². The minimum atomic E-state index is -3.85. The van der Waals surface area contributed by atoms with Crippen molar-refractivity contribution in [3.8, 4) is 5.75 Å². The number of amides is 1. The van der Waals surface area contributed by atoms with E-state index in [2.05, 4.69) is 10.0 Å². The Balaban J connectivity index is 2.01. The summed E-state index contributed by atoms with van der Waals surface area (Å²) in [7, 11) is -2.41. The quantitative estimate of drug-likeness (QED) is 0.833. The fourth-order valence-electron chi connectivity index (χ4n) is 1.78. The standard InChI is InChI=1S/C15H15ClN2O4S/c1-22-14-8-7-12(9-13(14)16)23(20,21)17-10-15(19)18-11-5-3-2-4-6-11/h2-9,17H,10H2,1H3,(H,18,19). The highest BCUT2D eigenvalue weighted by Crippen LogP contribution is 2.26. The van der Waals surface area contributed by atoms with E-state index in [9.17, 15) is 13.2 Å². The fourth-order valence-corrected chi connectivity index (χ4v) is 3.12. The smallest absolute Gasteiger partial charge is 0.241 e. The number of sulfonamides is 1. The Morgan fingerprint density at radius 2 is 1.87 bits per heavy atom. The van der Waals surface area contributed by atoms with E-state index in [0.29, 0.717) is 11.4 Å². The number of carbonyl (C=O) groups excluding carboxylic acids is 1. The maximum absolute atomic E-state index is 12.2. The number of benzene rings is 2. The second kappa shape index (κ2) is 7.45. The maximum Gasteiger partial charge on any atom is 0.241 e. The molecule has 0 spiro atoms. The number of methoxy groups -OCH3 is 1. The van der Waals surface area contributed by atoms with Crippen molar-refractivity contribution in [3.63, 3.8) is 0 Å². The van der Waals surface area contributed by atoms with Gasteiger partial charge in [0.15, 0.2) is 0 Å². The molecule has 0 atom stereocenters. The molecule has 2 aromatic carbocycles. The highest BCUT2D eigenvalue weighted by atomic mass is 35.5. The van der Waals surface area contributed by atoms with E-state index in [-0.39, 0.29) is 16.5 Å². The summed E-state index contributed by atoms with van der Waals surface area (Å²) >= 11 is 5.91. The summed E-state index contributed by atoms with van der Waals surface area (Å²) in [5.74, 6) is -0.105. The van der Waals surface area contributed by atoms with E-state index in [1.807, 2.05) is 6.07 Å². The summed E-state index contributed by atoms with van der Waals surface area (Å²) < 4.78 is 31.5. The molecule has 2 N–H and O–H groups in total. The number of para-hydroxylation sites is 1. The van der Waals surface area contributed by atoms with Crippen molar-refractivity contribution >= 4 is 33.2 Å². The molecule has 23 heavy (non-hydrogen) atoms. The van der Waals surface area contributed by atoms with Crippen LogP contribution in [0.4, 0.5) is 5.69 Å².